The lowest BCUT2D eigenvalue weighted by molar-refractivity contribution is -0.143. The van der Waals surface area contributed by atoms with E-state index in [4.69, 9.17) is 9.84 Å². The summed E-state index contributed by atoms with van der Waals surface area (Å²) < 4.78 is 33.2. The molecule has 2 aromatic carbocycles. The van der Waals surface area contributed by atoms with Crippen LogP contribution in [0.15, 0.2) is 53.4 Å². The summed E-state index contributed by atoms with van der Waals surface area (Å²) in [5.41, 5.74) is -0.131. The molecular weight excluding hydrogens is 424 g/mol. The largest absolute Gasteiger partial charge is 0.480 e. The summed E-state index contributed by atoms with van der Waals surface area (Å²) in [6, 6.07) is 11.7. The van der Waals surface area contributed by atoms with Crippen LogP contribution in [0.1, 0.15) is 26.3 Å². The van der Waals surface area contributed by atoms with Crippen LogP contribution in [0.3, 0.4) is 0 Å². The van der Waals surface area contributed by atoms with Crippen molar-refractivity contribution in [1.82, 2.24) is 5.32 Å². The van der Waals surface area contributed by atoms with E-state index in [0.717, 1.165) is 0 Å². The van der Waals surface area contributed by atoms with Gasteiger partial charge in [-0.25, -0.2) is 8.42 Å². The van der Waals surface area contributed by atoms with Crippen LogP contribution in [0, 0.1) is 5.41 Å². The van der Waals surface area contributed by atoms with E-state index in [0.29, 0.717) is 5.56 Å². The highest BCUT2D eigenvalue weighted by molar-refractivity contribution is 7.92. The summed E-state index contributed by atoms with van der Waals surface area (Å²) in [6.07, 6.45) is -0.201. The standard InChI is InChI=1S/C21H24N2O7S/c1-21(2,3)20(27)30-15-8-10-16(11-9-15)31(28,29)23-17-7-5-4-6-14(17)12-18(24)22-13-19(25)26/h4-11,23H,12-13H2,1-3H3,(H,22,24)(H,25,26). The molecule has 0 saturated heterocycles. The van der Waals surface area contributed by atoms with Crippen LogP contribution in [-0.4, -0.2) is 37.9 Å². The van der Waals surface area contributed by atoms with Gasteiger partial charge in [0.15, 0.2) is 0 Å². The monoisotopic (exact) mass is 448 g/mol. The van der Waals surface area contributed by atoms with Crippen molar-refractivity contribution in [3.8, 4) is 5.75 Å². The van der Waals surface area contributed by atoms with Gasteiger partial charge in [0, 0.05) is 0 Å². The molecule has 0 atom stereocenters. The van der Waals surface area contributed by atoms with Gasteiger partial charge in [0.2, 0.25) is 5.91 Å². The molecule has 0 heterocycles. The third-order valence-corrected chi connectivity index (χ3v) is 5.39. The third kappa shape index (κ3) is 7.10. The topological polar surface area (TPSA) is 139 Å². The smallest absolute Gasteiger partial charge is 0.322 e. The first-order chi connectivity index (χ1) is 14.4. The minimum absolute atomic E-state index is 0.0619. The van der Waals surface area contributed by atoms with Crippen LogP contribution in [0.4, 0.5) is 5.69 Å². The molecule has 2 aromatic rings. The maximum Gasteiger partial charge on any atom is 0.322 e. The van der Waals surface area contributed by atoms with Gasteiger partial charge in [-0.1, -0.05) is 18.2 Å². The number of ether oxygens (including phenoxy) is 1. The predicted octanol–water partition coefficient (Wildman–Crippen LogP) is 2.18. The quantitative estimate of drug-likeness (QED) is 0.415. The van der Waals surface area contributed by atoms with E-state index >= 15 is 0 Å². The Labute approximate surface area is 180 Å². The van der Waals surface area contributed by atoms with Gasteiger partial charge in [-0.2, -0.15) is 0 Å². The number of carboxylic acid groups (broad SMARTS) is 1. The summed E-state index contributed by atoms with van der Waals surface area (Å²) >= 11 is 0. The fourth-order valence-electron chi connectivity index (χ4n) is 2.33. The predicted molar refractivity (Wildman–Crippen MR) is 113 cm³/mol. The Morgan fingerprint density at radius 1 is 1.00 bits per heavy atom. The maximum atomic E-state index is 12.8. The van der Waals surface area contributed by atoms with Gasteiger partial charge in [0.05, 0.1) is 22.4 Å². The van der Waals surface area contributed by atoms with Crippen LogP contribution >= 0.6 is 0 Å². The van der Waals surface area contributed by atoms with Gasteiger partial charge in [-0.05, 0) is 56.7 Å². The summed E-state index contributed by atoms with van der Waals surface area (Å²) in [4.78, 5) is 34.4. The zero-order chi connectivity index (χ0) is 23.2. The fourth-order valence-corrected chi connectivity index (χ4v) is 3.44. The van der Waals surface area contributed by atoms with E-state index in [2.05, 4.69) is 10.0 Å². The molecule has 0 aliphatic carbocycles. The summed E-state index contributed by atoms with van der Waals surface area (Å²) in [6.45, 7) is 4.59. The summed E-state index contributed by atoms with van der Waals surface area (Å²) in [5, 5.41) is 10.9. The molecule has 1 amide bonds. The molecule has 2 rings (SSSR count). The first-order valence-corrected chi connectivity index (χ1v) is 10.8. The van der Waals surface area contributed by atoms with Crippen molar-refractivity contribution in [3.63, 3.8) is 0 Å². The van der Waals surface area contributed by atoms with Crippen LogP contribution in [0.5, 0.6) is 5.75 Å². The first-order valence-electron chi connectivity index (χ1n) is 9.30. The summed E-state index contributed by atoms with van der Waals surface area (Å²) in [7, 11) is -3.99. The van der Waals surface area contributed by atoms with Crippen molar-refractivity contribution >= 4 is 33.6 Å². The van der Waals surface area contributed by atoms with Crippen LogP contribution in [0.2, 0.25) is 0 Å². The van der Waals surface area contributed by atoms with Gasteiger partial charge in [-0.3, -0.25) is 19.1 Å². The number of hydrogen-bond acceptors (Lipinski definition) is 6. The Balaban J connectivity index is 2.15. The Morgan fingerprint density at radius 2 is 1.61 bits per heavy atom. The highest BCUT2D eigenvalue weighted by atomic mass is 32.2. The second kappa shape index (κ2) is 9.61. The van der Waals surface area contributed by atoms with E-state index in [1.807, 2.05) is 0 Å². The van der Waals surface area contributed by atoms with Gasteiger partial charge < -0.3 is 15.2 Å². The molecule has 10 heteroatoms. The number of nitrogens with one attached hydrogen (secondary N) is 2. The normalized spacial score (nSPS) is 11.5. The lowest BCUT2D eigenvalue weighted by Gasteiger charge is -2.16. The van der Waals surface area contributed by atoms with Crippen molar-refractivity contribution in [2.24, 2.45) is 5.41 Å². The number of para-hydroxylation sites is 1. The number of benzene rings is 2. The Hall–Kier alpha value is -3.40. The van der Waals surface area contributed by atoms with Gasteiger partial charge >= 0.3 is 11.9 Å². The fraction of sp³-hybridized carbons (Fsp3) is 0.286. The van der Waals surface area contributed by atoms with E-state index in [1.165, 1.54) is 30.3 Å². The molecule has 0 aliphatic heterocycles. The molecule has 0 radical (unpaired) electrons. The molecule has 166 valence electrons. The van der Waals surface area contributed by atoms with Crippen molar-refractivity contribution in [2.75, 3.05) is 11.3 Å². The number of carboxylic acids is 1. The first kappa shape index (κ1) is 23.9. The maximum absolute atomic E-state index is 12.8. The van der Waals surface area contributed by atoms with E-state index in [-0.39, 0.29) is 22.8 Å². The van der Waals surface area contributed by atoms with Gasteiger partial charge in [0.25, 0.3) is 10.0 Å². The molecule has 0 unspecified atom stereocenters. The van der Waals surface area contributed by atoms with Crippen molar-refractivity contribution in [1.29, 1.82) is 0 Å². The molecule has 3 N–H and O–H groups in total. The molecule has 0 bridgehead atoms. The number of anilines is 1. The molecule has 0 aromatic heterocycles. The molecular formula is C21H24N2O7S. The third-order valence-electron chi connectivity index (χ3n) is 4.01. The molecule has 9 nitrogen and oxygen atoms in total. The highest BCUT2D eigenvalue weighted by Gasteiger charge is 2.24. The van der Waals surface area contributed by atoms with E-state index < -0.39 is 39.8 Å². The van der Waals surface area contributed by atoms with Gasteiger partial charge in [-0.15, -0.1) is 0 Å². The second-order valence-corrected chi connectivity index (χ2v) is 9.40. The van der Waals surface area contributed by atoms with Crippen LogP contribution < -0.4 is 14.8 Å². The van der Waals surface area contributed by atoms with Crippen LogP contribution in [-0.2, 0) is 30.8 Å². The average molecular weight is 448 g/mol. The number of carbonyl (C=O) groups excluding carboxylic acids is 2. The van der Waals surface area contributed by atoms with Crippen molar-refractivity contribution in [2.45, 2.75) is 32.1 Å². The number of amides is 1. The number of rotatable bonds is 8. The Bertz CT molecular complexity index is 1070. The summed E-state index contributed by atoms with van der Waals surface area (Å²) in [5.74, 6) is -1.97. The minimum Gasteiger partial charge on any atom is -0.480 e. The Kier molecular flexibility index (Phi) is 7.40. The van der Waals surface area contributed by atoms with Gasteiger partial charge in [0.1, 0.15) is 12.3 Å². The molecule has 0 fully saturated rings. The number of sulfonamides is 1. The Morgan fingerprint density at radius 3 is 2.19 bits per heavy atom. The van der Waals surface area contributed by atoms with E-state index in [9.17, 15) is 22.8 Å². The molecule has 0 aliphatic rings. The molecule has 31 heavy (non-hydrogen) atoms. The number of aliphatic carboxylic acids is 1. The highest BCUT2D eigenvalue weighted by Crippen LogP contribution is 2.24. The van der Waals surface area contributed by atoms with Crippen molar-refractivity contribution < 1.29 is 32.6 Å². The van der Waals surface area contributed by atoms with Crippen molar-refractivity contribution in [3.05, 3.63) is 54.1 Å². The SMILES string of the molecule is CC(C)(C)C(=O)Oc1ccc(S(=O)(=O)Nc2ccccc2CC(=O)NCC(=O)O)cc1. The van der Waals surface area contributed by atoms with Crippen LogP contribution in [0.25, 0.3) is 0 Å². The lowest BCUT2D eigenvalue weighted by Crippen LogP contribution is -2.30. The second-order valence-electron chi connectivity index (χ2n) is 7.72. The average Bonchev–Trinajstić information content (AvgIpc) is 2.67. The zero-order valence-electron chi connectivity index (χ0n) is 17.3. The molecule has 0 saturated carbocycles. The minimum atomic E-state index is -3.99. The number of hydrogen-bond donors (Lipinski definition) is 3. The number of carbonyl (C=O) groups is 3. The molecule has 0 spiro atoms. The lowest BCUT2D eigenvalue weighted by atomic mass is 9.97. The van der Waals surface area contributed by atoms with E-state index in [1.54, 1.807) is 39.0 Å². The number of esters is 1. The zero-order valence-corrected chi connectivity index (χ0v) is 18.2.